The Labute approximate surface area is 124 Å². The number of nitrogens with one attached hydrogen (secondary N) is 1. The zero-order valence-electron chi connectivity index (χ0n) is 9.64. The van der Waals surface area contributed by atoms with E-state index in [1.807, 2.05) is 0 Å². The molecule has 0 aliphatic rings. The fraction of sp³-hybridized carbons (Fsp3) is 0.100. The molecule has 0 spiro atoms. The van der Waals surface area contributed by atoms with Gasteiger partial charge >= 0.3 is 0 Å². The lowest BCUT2D eigenvalue weighted by Gasteiger charge is -1.98. The van der Waals surface area contributed by atoms with Crippen molar-refractivity contribution in [1.82, 2.24) is 19.9 Å². The van der Waals surface area contributed by atoms with Crippen molar-refractivity contribution in [1.29, 1.82) is 0 Å². The smallest absolute Gasteiger partial charge is 0.222 e. The van der Waals surface area contributed by atoms with Gasteiger partial charge in [-0.3, -0.25) is 4.79 Å². The van der Waals surface area contributed by atoms with E-state index < -0.39 is 0 Å². The second-order valence-corrected chi connectivity index (χ2v) is 4.23. The molecule has 0 aliphatic carbocycles. The number of aromatic nitrogens is 4. The third-order valence-corrected chi connectivity index (χ3v) is 2.16. The average molecular weight is 321 g/mol. The van der Waals surface area contributed by atoms with Gasteiger partial charge in [0.2, 0.25) is 5.91 Å². The number of amides is 1. The number of hydrogen-bond acceptors (Lipinski definition) is 5. The van der Waals surface area contributed by atoms with E-state index in [0.29, 0.717) is 21.3 Å². The Balaban J connectivity index is 0.000000200. The molecule has 19 heavy (non-hydrogen) atoms. The van der Waals surface area contributed by atoms with Crippen molar-refractivity contribution in [3.63, 3.8) is 0 Å². The Morgan fingerprint density at radius 3 is 1.79 bits per heavy atom. The summed E-state index contributed by atoms with van der Waals surface area (Å²) in [6.07, 6.45) is 2.60. The van der Waals surface area contributed by atoms with Gasteiger partial charge in [-0.25, -0.2) is 19.9 Å². The van der Waals surface area contributed by atoms with Gasteiger partial charge in [-0.05, 0) is 0 Å². The topological polar surface area (TPSA) is 80.7 Å². The summed E-state index contributed by atoms with van der Waals surface area (Å²) in [6.45, 7) is 1.40. The van der Waals surface area contributed by atoms with Crippen LogP contribution in [0.2, 0.25) is 15.5 Å². The van der Waals surface area contributed by atoms with Crippen molar-refractivity contribution in [3.8, 4) is 0 Å². The van der Waals surface area contributed by atoms with Crippen LogP contribution in [0.1, 0.15) is 6.92 Å². The Bertz CT molecular complexity index is 549. The molecule has 1 N–H and O–H groups in total. The van der Waals surface area contributed by atoms with Crippen LogP contribution in [0.3, 0.4) is 0 Å². The molecule has 0 aliphatic heterocycles. The summed E-state index contributed by atoms with van der Waals surface area (Å²) in [5, 5.41) is 3.51. The maximum Gasteiger partial charge on any atom is 0.222 e. The number of rotatable bonds is 1. The number of hydrogen-bond donors (Lipinski definition) is 1. The van der Waals surface area contributed by atoms with E-state index in [-0.39, 0.29) is 5.91 Å². The number of halogens is 3. The first-order chi connectivity index (χ1) is 8.97. The molecule has 2 aromatic heterocycles. The van der Waals surface area contributed by atoms with Gasteiger partial charge in [0, 0.05) is 19.1 Å². The molecule has 2 heterocycles. The first-order valence-electron chi connectivity index (χ1n) is 4.85. The molecule has 0 radical (unpaired) electrons. The average Bonchev–Trinajstić information content (AvgIpc) is 2.28. The molecule has 6 nitrogen and oxygen atoms in total. The van der Waals surface area contributed by atoms with Gasteiger partial charge < -0.3 is 5.32 Å². The Morgan fingerprint density at radius 1 is 0.947 bits per heavy atom. The van der Waals surface area contributed by atoms with Crippen LogP contribution in [0.25, 0.3) is 0 Å². The number of nitrogens with zero attached hydrogens (tertiary/aromatic N) is 4. The highest BCUT2D eigenvalue weighted by molar-refractivity contribution is 6.33. The first-order valence-corrected chi connectivity index (χ1v) is 5.99. The van der Waals surface area contributed by atoms with Crippen molar-refractivity contribution < 1.29 is 4.79 Å². The fourth-order valence-electron chi connectivity index (χ4n) is 0.894. The highest BCUT2D eigenvalue weighted by atomic mass is 35.5. The lowest BCUT2D eigenvalue weighted by molar-refractivity contribution is -0.114. The molecular formula is C10H8Cl3N5O. The van der Waals surface area contributed by atoms with Crippen molar-refractivity contribution in [2.45, 2.75) is 6.92 Å². The first kappa shape index (κ1) is 15.6. The molecule has 0 saturated heterocycles. The van der Waals surface area contributed by atoms with E-state index in [1.54, 1.807) is 0 Å². The predicted octanol–water partition coefficient (Wildman–Crippen LogP) is 2.87. The van der Waals surface area contributed by atoms with Gasteiger partial charge in [0.15, 0.2) is 0 Å². The van der Waals surface area contributed by atoms with Crippen LogP contribution in [0.15, 0.2) is 24.8 Å². The molecule has 0 aromatic carbocycles. The zero-order chi connectivity index (χ0) is 14.3. The summed E-state index contributed by atoms with van der Waals surface area (Å²) in [5.74, 6) is 0.234. The Hall–Kier alpha value is -1.50. The van der Waals surface area contributed by atoms with Gasteiger partial charge in [0.25, 0.3) is 0 Å². The third-order valence-electron chi connectivity index (χ3n) is 1.54. The highest BCUT2D eigenvalue weighted by Crippen LogP contribution is 2.08. The minimum atomic E-state index is -0.181. The molecule has 0 bridgehead atoms. The molecule has 0 unspecified atom stereocenters. The van der Waals surface area contributed by atoms with Crippen molar-refractivity contribution in [2.75, 3.05) is 5.32 Å². The highest BCUT2D eigenvalue weighted by Gasteiger charge is 1.96. The maximum absolute atomic E-state index is 10.5. The van der Waals surface area contributed by atoms with Crippen LogP contribution in [0.5, 0.6) is 0 Å². The summed E-state index contributed by atoms with van der Waals surface area (Å²) in [4.78, 5) is 25.1. The zero-order valence-corrected chi connectivity index (χ0v) is 11.9. The van der Waals surface area contributed by atoms with E-state index in [0.717, 1.165) is 0 Å². The number of anilines is 1. The summed E-state index contributed by atoms with van der Waals surface area (Å²) in [6, 6.07) is 2.95. The van der Waals surface area contributed by atoms with Gasteiger partial charge in [0.05, 0.1) is 0 Å². The van der Waals surface area contributed by atoms with E-state index in [1.165, 1.54) is 31.7 Å². The molecule has 1 amide bonds. The summed E-state index contributed by atoms with van der Waals surface area (Å²) in [7, 11) is 0. The normalized spacial score (nSPS) is 9.26. The van der Waals surface area contributed by atoms with Gasteiger partial charge in [0.1, 0.15) is 33.9 Å². The molecule has 2 aromatic rings. The summed E-state index contributed by atoms with van der Waals surface area (Å²) >= 11 is 16.3. The fourth-order valence-corrected chi connectivity index (χ4v) is 1.39. The Kier molecular flexibility index (Phi) is 6.41. The van der Waals surface area contributed by atoms with E-state index >= 15 is 0 Å². The monoisotopic (exact) mass is 319 g/mol. The summed E-state index contributed by atoms with van der Waals surface area (Å²) in [5.41, 5.74) is 0. The lowest BCUT2D eigenvalue weighted by atomic mass is 10.5. The third kappa shape index (κ3) is 6.85. The molecule has 0 fully saturated rings. The van der Waals surface area contributed by atoms with Gasteiger partial charge in [-0.15, -0.1) is 0 Å². The lowest BCUT2D eigenvalue weighted by Crippen LogP contribution is -2.07. The van der Waals surface area contributed by atoms with Crippen LogP contribution >= 0.6 is 34.8 Å². The molecule has 0 saturated carbocycles. The number of carbonyl (C=O) groups is 1. The van der Waals surface area contributed by atoms with Crippen molar-refractivity contribution in [2.24, 2.45) is 0 Å². The van der Waals surface area contributed by atoms with Crippen molar-refractivity contribution >= 4 is 46.5 Å². The van der Waals surface area contributed by atoms with E-state index in [4.69, 9.17) is 34.8 Å². The molecule has 0 atom stereocenters. The second kappa shape index (κ2) is 7.83. The Morgan fingerprint density at radius 2 is 1.42 bits per heavy atom. The minimum absolute atomic E-state index is 0.181. The van der Waals surface area contributed by atoms with E-state index in [9.17, 15) is 4.79 Å². The van der Waals surface area contributed by atoms with Gasteiger partial charge in [-0.2, -0.15) is 0 Å². The molecular weight excluding hydrogens is 313 g/mol. The molecule has 100 valence electrons. The van der Waals surface area contributed by atoms with Crippen LogP contribution in [-0.2, 0) is 4.79 Å². The van der Waals surface area contributed by atoms with Crippen LogP contribution in [0, 0.1) is 0 Å². The number of carbonyl (C=O) groups excluding carboxylic acids is 1. The van der Waals surface area contributed by atoms with Gasteiger partial charge in [-0.1, -0.05) is 34.8 Å². The predicted molar refractivity (Wildman–Crippen MR) is 73.4 cm³/mol. The van der Waals surface area contributed by atoms with Crippen LogP contribution in [-0.4, -0.2) is 25.8 Å². The molecule has 2 rings (SSSR count). The molecule has 9 heteroatoms. The van der Waals surface area contributed by atoms with Crippen molar-refractivity contribution in [3.05, 3.63) is 40.2 Å². The maximum atomic E-state index is 10.5. The quantitative estimate of drug-likeness (QED) is 0.817. The SMILES string of the molecule is CC(=O)Nc1cc(Cl)ncn1.Clc1cc(Cl)ncn1. The van der Waals surface area contributed by atoms with Crippen LogP contribution < -0.4 is 5.32 Å². The van der Waals surface area contributed by atoms with E-state index in [2.05, 4.69) is 25.3 Å². The largest absolute Gasteiger partial charge is 0.311 e. The summed E-state index contributed by atoms with van der Waals surface area (Å²) < 4.78 is 0. The standard InChI is InChI=1S/C6H6ClN3O.C4H2Cl2N2/c1-4(11)10-6-2-5(7)8-3-9-6;5-3-1-4(6)8-2-7-3/h2-3H,1H3,(H,8,9,10,11);1-2H. The van der Waals surface area contributed by atoms with Crippen LogP contribution in [0.4, 0.5) is 5.82 Å². The second-order valence-electron chi connectivity index (χ2n) is 3.07. The minimum Gasteiger partial charge on any atom is -0.311 e.